The molecule has 0 unspecified atom stereocenters. The molecule has 0 saturated carbocycles. The Morgan fingerprint density at radius 1 is 0.968 bits per heavy atom. The zero-order valence-corrected chi connectivity index (χ0v) is 17.6. The summed E-state index contributed by atoms with van der Waals surface area (Å²) in [5.41, 5.74) is 3.97. The van der Waals surface area contributed by atoms with Gasteiger partial charge in [0.1, 0.15) is 5.75 Å². The molecular weight excluding hydrogens is 388 g/mol. The zero-order valence-electron chi connectivity index (χ0n) is 17.6. The molecule has 5 nitrogen and oxygen atoms in total. The third kappa shape index (κ3) is 4.36. The van der Waals surface area contributed by atoms with Crippen molar-refractivity contribution in [2.75, 3.05) is 7.11 Å². The minimum absolute atomic E-state index is 0.207. The molecule has 3 aromatic carbocycles. The first-order chi connectivity index (χ1) is 15.1. The van der Waals surface area contributed by atoms with Gasteiger partial charge in [-0.05, 0) is 24.6 Å². The number of ether oxygens (including phenoxy) is 1. The molecular formula is C26H24N2O3. The summed E-state index contributed by atoms with van der Waals surface area (Å²) in [4.78, 5) is 26.0. The SMILES string of the molecule is COc1ccccc1CNC(=O)c1cc(=O)n(Cc2ccc(C)cc2)c2ccccc12. The van der Waals surface area contributed by atoms with Crippen LogP contribution >= 0.6 is 0 Å². The third-order valence-electron chi connectivity index (χ3n) is 5.36. The number of carbonyl (C=O) groups is 1. The fourth-order valence-corrected chi connectivity index (χ4v) is 3.68. The van der Waals surface area contributed by atoms with Crippen molar-refractivity contribution in [1.82, 2.24) is 9.88 Å². The Morgan fingerprint density at radius 3 is 2.45 bits per heavy atom. The van der Waals surface area contributed by atoms with E-state index in [-0.39, 0.29) is 11.5 Å². The minimum Gasteiger partial charge on any atom is -0.496 e. The first kappa shape index (κ1) is 20.4. The van der Waals surface area contributed by atoms with E-state index in [1.54, 1.807) is 11.7 Å². The van der Waals surface area contributed by atoms with E-state index in [2.05, 4.69) is 5.32 Å². The van der Waals surface area contributed by atoms with Crippen LogP contribution in [0.4, 0.5) is 0 Å². The normalized spacial score (nSPS) is 10.8. The number of para-hydroxylation sites is 2. The number of hydrogen-bond donors (Lipinski definition) is 1. The lowest BCUT2D eigenvalue weighted by atomic mass is 10.1. The molecule has 0 fully saturated rings. The number of aromatic nitrogens is 1. The Morgan fingerprint density at radius 2 is 1.68 bits per heavy atom. The van der Waals surface area contributed by atoms with Crippen LogP contribution in [0.25, 0.3) is 10.9 Å². The van der Waals surface area contributed by atoms with Crippen LogP contribution in [0.5, 0.6) is 5.75 Å². The molecule has 1 N–H and O–H groups in total. The summed E-state index contributed by atoms with van der Waals surface area (Å²) in [6.07, 6.45) is 0. The number of nitrogens with one attached hydrogen (secondary N) is 1. The van der Waals surface area contributed by atoms with Crippen LogP contribution in [0.1, 0.15) is 27.0 Å². The summed E-state index contributed by atoms with van der Waals surface area (Å²) >= 11 is 0. The monoisotopic (exact) mass is 412 g/mol. The molecule has 1 aromatic heterocycles. The van der Waals surface area contributed by atoms with Crippen molar-refractivity contribution in [3.05, 3.63) is 111 Å². The van der Waals surface area contributed by atoms with Crippen LogP contribution in [0.3, 0.4) is 0 Å². The Bertz CT molecular complexity index is 1290. The highest BCUT2D eigenvalue weighted by atomic mass is 16.5. The number of amides is 1. The van der Waals surface area contributed by atoms with Gasteiger partial charge in [-0.3, -0.25) is 9.59 Å². The van der Waals surface area contributed by atoms with Crippen LogP contribution < -0.4 is 15.6 Å². The van der Waals surface area contributed by atoms with Gasteiger partial charge in [0, 0.05) is 23.6 Å². The largest absolute Gasteiger partial charge is 0.496 e. The second kappa shape index (κ2) is 8.88. The van der Waals surface area contributed by atoms with Crippen molar-refractivity contribution in [1.29, 1.82) is 0 Å². The first-order valence-electron chi connectivity index (χ1n) is 10.1. The molecule has 0 aliphatic rings. The summed E-state index contributed by atoms with van der Waals surface area (Å²) in [7, 11) is 1.60. The standard InChI is InChI=1S/C26H24N2O3/c1-18-11-13-19(14-12-18)17-28-23-9-5-4-8-21(23)22(15-25(28)29)26(30)27-16-20-7-3-6-10-24(20)31-2/h3-15H,16-17H2,1-2H3,(H,27,30). The van der Waals surface area contributed by atoms with Crippen molar-refractivity contribution in [3.63, 3.8) is 0 Å². The van der Waals surface area contributed by atoms with Gasteiger partial charge in [-0.2, -0.15) is 0 Å². The van der Waals surface area contributed by atoms with E-state index in [0.717, 1.165) is 22.0 Å². The van der Waals surface area contributed by atoms with E-state index >= 15 is 0 Å². The van der Waals surface area contributed by atoms with Crippen molar-refractivity contribution in [2.24, 2.45) is 0 Å². The van der Waals surface area contributed by atoms with Crippen LogP contribution in [0.15, 0.2) is 83.7 Å². The van der Waals surface area contributed by atoms with Crippen molar-refractivity contribution < 1.29 is 9.53 Å². The van der Waals surface area contributed by atoms with Gasteiger partial charge in [0.2, 0.25) is 0 Å². The predicted octanol–water partition coefficient (Wildman–Crippen LogP) is 4.30. The average molecular weight is 412 g/mol. The molecule has 1 heterocycles. The fraction of sp³-hybridized carbons (Fsp3) is 0.154. The summed E-state index contributed by atoms with van der Waals surface area (Å²) in [5.74, 6) is 0.419. The van der Waals surface area contributed by atoms with Gasteiger partial charge < -0.3 is 14.6 Å². The van der Waals surface area contributed by atoms with Crippen LogP contribution in [0, 0.1) is 6.92 Å². The maximum Gasteiger partial charge on any atom is 0.252 e. The van der Waals surface area contributed by atoms with Crippen molar-refractivity contribution >= 4 is 16.8 Å². The predicted molar refractivity (Wildman–Crippen MR) is 123 cm³/mol. The quantitative estimate of drug-likeness (QED) is 0.514. The number of hydrogen-bond acceptors (Lipinski definition) is 3. The lowest BCUT2D eigenvalue weighted by molar-refractivity contribution is 0.0952. The average Bonchev–Trinajstić information content (AvgIpc) is 2.80. The molecule has 0 aliphatic heterocycles. The first-order valence-corrected chi connectivity index (χ1v) is 10.1. The summed E-state index contributed by atoms with van der Waals surface area (Å²) in [6, 6.07) is 24.6. The number of pyridine rings is 1. The van der Waals surface area contributed by atoms with Gasteiger partial charge in [-0.25, -0.2) is 0 Å². The molecule has 156 valence electrons. The molecule has 0 radical (unpaired) electrons. The molecule has 4 rings (SSSR count). The minimum atomic E-state index is -0.290. The molecule has 0 atom stereocenters. The second-order valence-corrected chi connectivity index (χ2v) is 7.48. The zero-order chi connectivity index (χ0) is 21.8. The summed E-state index contributed by atoms with van der Waals surface area (Å²) in [6.45, 7) is 2.79. The highest BCUT2D eigenvalue weighted by molar-refractivity contribution is 6.06. The number of carbonyl (C=O) groups excluding carboxylic acids is 1. The Hall–Kier alpha value is -3.86. The van der Waals surface area contributed by atoms with Crippen molar-refractivity contribution in [2.45, 2.75) is 20.0 Å². The second-order valence-electron chi connectivity index (χ2n) is 7.48. The number of rotatable bonds is 6. The van der Waals surface area contributed by atoms with E-state index in [1.165, 1.54) is 11.6 Å². The highest BCUT2D eigenvalue weighted by Crippen LogP contribution is 2.20. The molecule has 0 bridgehead atoms. The lowest BCUT2D eigenvalue weighted by Crippen LogP contribution is -2.28. The molecule has 0 spiro atoms. The molecule has 1 amide bonds. The van der Waals surface area contributed by atoms with Gasteiger partial charge in [0.05, 0.1) is 24.7 Å². The third-order valence-corrected chi connectivity index (χ3v) is 5.36. The molecule has 0 aliphatic carbocycles. The number of benzene rings is 3. The van der Waals surface area contributed by atoms with Gasteiger partial charge in [-0.1, -0.05) is 66.2 Å². The summed E-state index contributed by atoms with van der Waals surface area (Å²) < 4.78 is 7.05. The van der Waals surface area contributed by atoms with E-state index in [0.29, 0.717) is 24.4 Å². The topological polar surface area (TPSA) is 60.3 Å². The van der Waals surface area contributed by atoms with E-state index in [1.807, 2.05) is 79.7 Å². The molecule has 0 saturated heterocycles. The highest BCUT2D eigenvalue weighted by Gasteiger charge is 2.15. The van der Waals surface area contributed by atoms with Crippen molar-refractivity contribution in [3.8, 4) is 5.75 Å². The van der Waals surface area contributed by atoms with Crippen LogP contribution in [0.2, 0.25) is 0 Å². The Kier molecular flexibility index (Phi) is 5.85. The lowest BCUT2D eigenvalue weighted by Gasteiger charge is -2.14. The fourth-order valence-electron chi connectivity index (χ4n) is 3.68. The van der Waals surface area contributed by atoms with Crippen LogP contribution in [-0.4, -0.2) is 17.6 Å². The van der Waals surface area contributed by atoms with Crippen LogP contribution in [-0.2, 0) is 13.1 Å². The van der Waals surface area contributed by atoms with E-state index in [4.69, 9.17) is 4.74 Å². The molecule has 5 heteroatoms. The molecule has 31 heavy (non-hydrogen) atoms. The van der Waals surface area contributed by atoms with Gasteiger partial charge in [-0.15, -0.1) is 0 Å². The maximum absolute atomic E-state index is 13.0. The number of fused-ring (bicyclic) bond motifs is 1. The van der Waals surface area contributed by atoms with E-state index in [9.17, 15) is 9.59 Å². The smallest absolute Gasteiger partial charge is 0.252 e. The van der Waals surface area contributed by atoms with E-state index < -0.39 is 0 Å². The number of methoxy groups -OCH3 is 1. The number of aryl methyl sites for hydroxylation is 1. The summed E-state index contributed by atoms with van der Waals surface area (Å²) in [5, 5.41) is 3.66. The maximum atomic E-state index is 13.0. The van der Waals surface area contributed by atoms with Gasteiger partial charge >= 0.3 is 0 Å². The molecule has 4 aromatic rings. The van der Waals surface area contributed by atoms with Gasteiger partial charge in [0.15, 0.2) is 0 Å². The number of nitrogens with zero attached hydrogens (tertiary/aromatic N) is 1. The Balaban J connectivity index is 1.67. The Labute approximate surface area is 180 Å². The van der Waals surface area contributed by atoms with Gasteiger partial charge in [0.25, 0.3) is 11.5 Å².